The Balaban J connectivity index is 1.28. The van der Waals surface area contributed by atoms with Crippen LogP contribution in [0.25, 0.3) is 0 Å². The highest BCUT2D eigenvalue weighted by Crippen LogP contribution is 2.45. The predicted octanol–water partition coefficient (Wildman–Crippen LogP) is 5.88. The first kappa shape index (κ1) is 30.3. The molecule has 0 bridgehead atoms. The lowest BCUT2D eigenvalue weighted by Crippen LogP contribution is -2.27. The molecule has 0 spiro atoms. The van der Waals surface area contributed by atoms with Crippen LogP contribution < -0.4 is 5.32 Å². The van der Waals surface area contributed by atoms with Crippen LogP contribution in [0.3, 0.4) is 0 Å². The van der Waals surface area contributed by atoms with Crippen LogP contribution in [0.15, 0.2) is 35.5 Å². The Kier molecular flexibility index (Phi) is 10.9. The molecule has 1 saturated heterocycles. The SMILES string of the molecule is CCCC(OC)OCCc1cnc(NC(=O)[C@H](CC2CCOCC2)c2ccc(S(=O)C3CCC3)c(C3CC3)c2)cn1. The fourth-order valence-corrected chi connectivity index (χ4v) is 7.50. The van der Waals surface area contributed by atoms with Crippen molar-refractivity contribution in [2.45, 2.75) is 106 Å². The quantitative estimate of drug-likeness (QED) is 0.261. The van der Waals surface area contributed by atoms with Crippen LogP contribution in [-0.4, -0.2) is 58.6 Å². The van der Waals surface area contributed by atoms with E-state index in [9.17, 15) is 9.00 Å². The number of hydrogen-bond acceptors (Lipinski definition) is 7. The fourth-order valence-electron chi connectivity index (χ4n) is 5.72. The van der Waals surface area contributed by atoms with Crippen LogP contribution in [-0.2, 0) is 36.2 Å². The Morgan fingerprint density at radius 2 is 1.93 bits per heavy atom. The molecule has 3 fully saturated rings. The summed E-state index contributed by atoms with van der Waals surface area (Å²) < 4.78 is 30.0. The molecule has 2 saturated carbocycles. The van der Waals surface area contributed by atoms with Crippen LogP contribution in [0.5, 0.6) is 0 Å². The second kappa shape index (κ2) is 14.8. The maximum absolute atomic E-state index is 13.8. The molecule has 9 heteroatoms. The number of hydrogen-bond donors (Lipinski definition) is 1. The predicted molar refractivity (Wildman–Crippen MR) is 159 cm³/mol. The number of rotatable bonds is 15. The zero-order valence-electron chi connectivity index (χ0n) is 24.5. The summed E-state index contributed by atoms with van der Waals surface area (Å²) in [6.07, 6.45) is 13.8. The first-order valence-electron chi connectivity index (χ1n) is 15.4. The van der Waals surface area contributed by atoms with Crippen LogP contribution in [0, 0.1) is 5.92 Å². The third-order valence-electron chi connectivity index (χ3n) is 8.66. The molecule has 2 aliphatic carbocycles. The van der Waals surface area contributed by atoms with Gasteiger partial charge in [0.25, 0.3) is 0 Å². The first-order chi connectivity index (χ1) is 20.1. The topological polar surface area (TPSA) is 99.6 Å². The minimum atomic E-state index is -0.964. The first-order valence-corrected chi connectivity index (χ1v) is 16.6. The lowest BCUT2D eigenvalue weighted by molar-refractivity contribution is -0.126. The van der Waals surface area contributed by atoms with Crippen molar-refractivity contribution in [2.75, 3.05) is 32.2 Å². The van der Waals surface area contributed by atoms with Crippen molar-refractivity contribution < 1.29 is 23.2 Å². The number of nitrogens with zero attached hydrogens (tertiary/aromatic N) is 2. The van der Waals surface area contributed by atoms with Gasteiger partial charge in [0.05, 0.1) is 41.4 Å². The van der Waals surface area contributed by atoms with E-state index in [0.717, 1.165) is 87.2 Å². The van der Waals surface area contributed by atoms with Gasteiger partial charge < -0.3 is 19.5 Å². The molecule has 1 aromatic carbocycles. The average molecular weight is 584 g/mol. The summed E-state index contributed by atoms with van der Waals surface area (Å²) in [4.78, 5) is 23.8. The lowest BCUT2D eigenvalue weighted by Gasteiger charge is -2.28. The molecule has 1 amide bonds. The molecule has 0 radical (unpaired) electrons. The van der Waals surface area contributed by atoms with Gasteiger partial charge in [-0.25, -0.2) is 4.98 Å². The summed E-state index contributed by atoms with van der Waals surface area (Å²) in [5.41, 5.74) is 3.00. The number of benzene rings is 1. The number of carbonyl (C=O) groups excluding carboxylic acids is 1. The molecule has 3 atom stereocenters. The summed E-state index contributed by atoms with van der Waals surface area (Å²) in [5.74, 6) is 0.941. The van der Waals surface area contributed by atoms with E-state index in [0.29, 0.717) is 30.7 Å². The van der Waals surface area contributed by atoms with Crippen LogP contribution >= 0.6 is 0 Å². The molecule has 3 aliphatic rings. The van der Waals surface area contributed by atoms with Crippen LogP contribution in [0.2, 0.25) is 0 Å². The number of aromatic nitrogens is 2. The maximum atomic E-state index is 13.8. The number of ether oxygens (including phenoxy) is 3. The van der Waals surface area contributed by atoms with Crippen molar-refractivity contribution >= 4 is 22.5 Å². The third-order valence-corrected chi connectivity index (χ3v) is 10.5. The van der Waals surface area contributed by atoms with Crippen LogP contribution in [0.4, 0.5) is 5.82 Å². The molecule has 8 nitrogen and oxygen atoms in total. The van der Waals surface area contributed by atoms with Crippen molar-refractivity contribution in [3.8, 4) is 0 Å². The zero-order chi connectivity index (χ0) is 28.6. The Bertz CT molecular complexity index is 1160. The number of anilines is 1. The Morgan fingerprint density at radius 3 is 2.56 bits per heavy atom. The number of carbonyl (C=O) groups is 1. The second-order valence-electron chi connectivity index (χ2n) is 11.7. The molecule has 224 valence electrons. The molecule has 2 unspecified atom stereocenters. The van der Waals surface area contributed by atoms with Crippen LogP contribution in [0.1, 0.15) is 99.8 Å². The highest BCUT2D eigenvalue weighted by atomic mass is 32.2. The maximum Gasteiger partial charge on any atom is 0.233 e. The highest BCUT2D eigenvalue weighted by Gasteiger charge is 2.34. The van der Waals surface area contributed by atoms with E-state index in [1.54, 1.807) is 19.5 Å². The minimum absolute atomic E-state index is 0.0704. The van der Waals surface area contributed by atoms with E-state index < -0.39 is 10.8 Å². The summed E-state index contributed by atoms with van der Waals surface area (Å²) in [5, 5.41) is 3.32. The standard InChI is InChI=1S/C32H45N3O5S/c1-3-5-31(38-2)40-17-14-25-20-34-30(21-33-25)35-32(36)28(18-22-12-15-39-16-13-22)24-10-11-29(27(19-24)23-8-9-23)41(37)26-6-4-7-26/h10-11,19-23,26,28,31H,3-9,12-18H2,1-2H3,(H,34,35,36)/t28-,31?,41?/m1/s1. The molecule has 1 aromatic heterocycles. The van der Waals surface area contributed by atoms with E-state index in [2.05, 4.69) is 28.3 Å². The zero-order valence-corrected chi connectivity index (χ0v) is 25.3. The van der Waals surface area contributed by atoms with Gasteiger partial charge >= 0.3 is 0 Å². The Morgan fingerprint density at radius 1 is 1.12 bits per heavy atom. The molecular formula is C32H45N3O5S. The van der Waals surface area contributed by atoms with E-state index in [-0.39, 0.29) is 23.4 Å². The largest absolute Gasteiger partial charge is 0.381 e. The van der Waals surface area contributed by atoms with E-state index in [4.69, 9.17) is 14.2 Å². The van der Waals surface area contributed by atoms with Gasteiger partial charge in [-0.2, -0.15) is 0 Å². The molecule has 1 N–H and O–H groups in total. The van der Waals surface area contributed by atoms with E-state index in [1.165, 1.54) is 12.0 Å². The molecule has 2 heterocycles. The number of amides is 1. The van der Waals surface area contributed by atoms with Crippen molar-refractivity contribution in [2.24, 2.45) is 5.92 Å². The monoisotopic (exact) mass is 583 g/mol. The normalized spacial score (nSPS) is 20.2. The third kappa shape index (κ3) is 8.21. The summed E-state index contributed by atoms with van der Waals surface area (Å²) >= 11 is 0. The lowest BCUT2D eigenvalue weighted by atomic mass is 9.83. The van der Waals surface area contributed by atoms with Crippen molar-refractivity contribution in [1.29, 1.82) is 0 Å². The minimum Gasteiger partial charge on any atom is -0.381 e. The van der Waals surface area contributed by atoms with Gasteiger partial charge in [0.15, 0.2) is 12.1 Å². The summed E-state index contributed by atoms with van der Waals surface area (Å²) in [6.45, 7) is 4.08. The van der Waals surface area contributed by atoms with Gasteiger partial charge in [-0.15, -0.1) is 0 Å². The van der Waals surface area contributed by atoms with Crippen molar-refractivity contribution in [1.82, 2.24) is 9.97 Å². The van der Waals surface area contributed by atoms with Crippen molar-refractivity contribution in [3.05, 3.63) is 47.4 Å². The van der Waals surface area contributed by atoms with Gasteiger partial charge in [0.2, 0.25) is 5.91 Å². The van der Waals surface area contributed by atoms with Crippen molar-refractivity contribution in [3.63, 3.8) is 0 Å². The summed E-state index contributed by atoms with van der Waals surface area (Å²) in [7, 11) is 0.693. The van der Waals surface area contributed by atoms with E-state index >= 15 is 0 Å². The average Bonchev–Trinajstić information content (AvgIpc) is 3.81. The van der Waals surface area contributed by atoms with Gasteiger partial charge in [-0.1, -0.05) is 31.9 Å². The fraction of sp³-hybridized carbons (Fsp3) is 0.656. The highest BCUT2D eigenvalue weighted by molar-refractivity contribution is 7.85. The smallest absolute Gasteiger partial charge is 0.233 e. The number of nitrogens with one attached hydrogen (secondary N) is 1. The molecule has 1 aliphatic heterocycles. The second-order valence-corrected chi connectivity index (χ2v) is 13.4. The molecule has 5 rings (SSSR count). The molecule has 41 heavy (non-hydrogen) atoms. The van der Waals surface area contributed by atoms with Gasteiger partial charge in [-0.05, 0) is 80.4 Å². The molecular weight excluding hydrogens is 538 g/mol. The number of methoxy groups -OCH3 is 1. The van der Waals surface area contributed by atoms with Gasteiger partial charge in [-0.3, -0.25) is 14.0 Å². The van der Waals surface area contributed by atoms with E-state index in [1.807, 2.05) is 12.1 Å². The molecule has 2 aromatic rings. The Labute approximate surface area is 246 Å². The summed E-state index contributed by atoms with van der Waals surface area (Å²) in [6, 6.07) is 6.28. The Hall–Kier alpha value is -2.20. The van der Waals surface area contributed by atoms with Gasteiger partial charge in [0.1, 0.15) is 0 Å². The van der Waals surface area contributed by atoms with Gasteiger partial charge in [0, 0.05) is 36.9 Å².